The van der Waals surface area contributed by atoms with Gasteiger partial charge in [-0.25, -0.2) is 4.98 Å². The Balaban J connectivity index is 2.18. The van der Waals surface area contributed by atoms with Gasteiger partial charge in [-0.15, -0.1) is 0 Å². The van der Waals surface area contributed by atoms with E-state index in [0.29, 0.717) is 23.4 Å². The van der Waals surface area contributed by atoms with Crippen LogP contribution in [0.4, 0.5) is 5.82 Å². The second-order valence-electron chi connectivity index (χ2n) is 4.27. The minimum absolute atomic E-state index is 0.0266. The van der Waals surface area contributed by atoms with Gasteiger partial charge >= 0.3 is 0 Å². The molecule has 18 heavy (non-hydrogen) atoms. The number of pyridine rings is 1. The highest BCUT2D eigenvalue weighted by Gasteiger charge is 2.32. The quantitative estimate of drug-likeness (QED) is 0.783. The maximum absolute atomic E-state index is 11.9. The first kappa shape index (κ1) is 13.5. The van der Waals surface area contributed by atoms with E-state index in [2.05, 4.69) is 20.9 Å². The normalized spacial score (nSPS) is 19.4. The van der Waals surface area contributed by atoms with Crippen molar-refractivity contribution in [1.82, 2.24) is 4.98 Å². The van der Waals surface area contributed by atoms with Crippen molar-refractivity contribution >= 4 is 44.5 Å². The van der Waals surface area contributed by atoms with Crippen molar-refractivity contribution < 1.29 is 9.59 Å². The van der Waals surface area contributed by atoms with Crippen molar-refractivity contribution in [3.8, 4) is 0 Å². The lowest BCUT2D eigenvalue weighted by Gasteiger charge is -2.16. The zero-order chi connectivity index (χ0) is 13.3. The average Bonchev–Trinajstić information content (AvgIpc) is 2.56. The molecule has 1 atom stereocenters. The average molecular weight is 329 g/mol. The topological polar surface area (TPSA) is 50.3 Å². The van der Waals surface area contributed by atoms with Gasteiger partial charge in [0.25, 0.3) is 0 Å². The predicted molar refractivity (Wildman–Crippen MR) is 75.7 cm³/mol. The van der Waals surface area contributed by atoms with E-state index in [-0.39, 0.29) is 16.3 Å². The van der Waals surface area contributed by atoms with Crippen LogP contribution < -0.4 is 4.90 Å². The summed E-state index contributed by atoms with van der Waals surface area (Å²) in [7, 11) is 0. The van der Waals surface area contributed by atoms with E-state index in [1.165, 1.54) is 18.7 Å². The van der Waals surface area contributed by atoms with Crippen LogP contribution in [0.15, 0.2) is 16.7 Å². The fourth-order valence-corrected chi connectivity index (χ4v) is 3.42. The van der Waals surface area contributed by atoms with E-state index in [4.69, 9.17) is 0 Å². The molecule has 1 saturated heterocycles. The molecule has 1 unspecified atom stereocenters. The monoisotopic (exact) mass is 328 g/mol. The lowest BCUT2D eigenvalue weighted by atomic mass is 10.3. The van der Waals surface area contributed by atoms with Crippen molar-refractivity contribution in [2.24, 2.45) is 0 Å². The molecule has 0 radical (unpaired) electrons. The number of nitrogens with zero attached hydrogens (tertiary/aromatic N) is 2. The first-order chi connectivity index (χ1) is 8.45. The first-order valence-electron chi connectivity index (χ1n) is 5.57. The zero-order valence-electron chi connectivity index (χ0n) is 10.1. The van der Waals surface area contributed by atoms with Crippen LogP contribution in [0.25, 0.3) is 0 Å². The number of anilines is 1. The van der Waals surface area contributed by atoms with Crippen molar-refractivity contribution in [1.29, 1.82) is 0 Å². The number of halogens is 1. The number of carbonyl (C=O) groups excluding carboxylic acids is 2. The molecule has 1 aliphatic heterocycles. The molecular formula is C12H13BrN2O2S. The third-order valence-corrected chi connectivity index (χ3v) is 4.01. The molecule has 4 nitrogen and oxygen atoms in total. The molecule has 96 valence electrons. The number of carbonyl (C=O) groups is 2. The van der Waals surface area contributed by atoms with Crippen LogP contribution in [0.3, 0.4) is 0 Å². The maximum atomic E-state index is 11.9. The van der Waals surface area contributed by atoms with E-state index >= 15 is 0 Å². The summed E-state index contributed by atoms with van der Waals surface area (Å²) in [6, 6.07) is 3.77. The molecule has 1 aliphatic rings. The molecular weight excluding hydrogens is 316 g/mol. The Morgan fingerprint density at radius 2 is 2.28 bits per heavy atom. The SMILES string of the molecule is CC(=O)SC1CC(=O)N(c2cc(C)cc(Br)n2)C1. The van der Waals surface area contributed by atoms with Gasteiger partial charge in [0.1, 0.15) is 10.4 Å². The molecule has 0 N–H and O–H groups in total. The van der Waals surface area contributed by atoms with Gasteiger partial charge in [0.15, 0.2) is 5.12 Å². The van der Waals surface area contributed by atoms with Crippen molar-refractivity contribution in [3.63, 3.8) is 0 Å². The molecule has 0 spiro atoms. The second kappa shape index (κ2) is 5.40. The van der Waals surface area contributed by atoms with Gasteiger partial charge in [0.05, 0.1) is 0 Å². The Hall–Kier alpha value is -0.880. The Morgan fingerprint density at radius 3 is 2.89 bits per heavy atom. The number of aromatic nitrogens is 1. The fourth-order valence-electron chi connectivity index (χ4n) is 1.96. The Kier molecular flexibility index (Phi) is 4.07. The van der Waals surface area contributed by atoms with E-state index in [9.17, 15) is 9.59 Å². The van der Waals surface area contributed by atoms with Gasteiger partial charge in [0.2, 0.25) is 5.91 Å². The summed E-state index contributed by atoms with van der Waals surface area (Å²) in [6.07, 6.45) is 0.400. The third-order valence-electron chi connectivity index (χ3n) is 2.62. The smallest absolute Gasteiger partial charge is 0.229 e. The predicted octanol–water partition coefficient (Wildman–Crippen LogP) is 2.54. The molecule has 0 bridgehead atoms. The number of hydrogen-bond donors (Lipinski definition) is 0. The molecule has 2 rings (SSSR count). The number of aryl methyl sites for hydroxylation is 1. The molecule has 0 aliphatic carbocycles. The molecule has 1 amide bonds. The van der Waals surface area contributed by atoms with Crippen LogP contribution in [0.2, 0.25) is 0 Å². The van der Waals surface area contributed by atoms with E-state index in [0.717, 1.165) is 5.56 Å². The van der Waals surface area contributed by atoms with Gasteiger partial charge in [0, 0.05) is 25.1 Å². The summed E-state index contributed by atoms with van der Waals surface area (Å²) in [5.74, 6) is 0.678. The standard InChI is InChI=1S/C12H13BrN2O2S/c1-7-3-10(13)14-11(4-7)15-6-9(5-12(15)17)18-8(2)16/h3-4,9H,5-6H2,1-2H3. The number of hydrogen-bond acceptors (Lipinski definition) is 4. The Labute approximate surface area is 118 Å². The van der Waals surface area contributed by atoms with Gasteiger partial charge in [-0.2, -0.15) is 0 Å². The van der Waals surface area contributed by atoms with Crippen LogP contribution in [-0.4, -0.2) is 27.8 Å². The summed E-state index contributed by atoms with van der Waals surface area (Å²) in [5.41, 5.74) is 1.04. The van der Waals surface area contributed by atoms with Crippen molar-refractivity contribution in [2.45, 2.75) is 25.5 Å². The second-order valence-corrected chi connectivity index (χ2v) is 6.56. The van der Waals surface area contributed by atoms with Crippen molar-refractivity contribution in [3.05, 3.63) is 22.3 Å². The van der Waals surface area contributed by atoms with Crippen LogP contribution in [0.1, 0.15) is 18.9 Å². The van der Waals surface area contributed by atoms with E-state index < -0.39 is 0 Å². The van der Waals surface area contributed by atoms with Gasteiger partial charge in [-0.05, 0) is 40.5 Å². The highest BCUT2D eigenvalue weighted by Crippen LogP contribution is 2.28. The molecule has 6 heteroatoms. The summed E-state index contributed by atoms with van der Waals surface area (Å²) in [5, 5.41) is 0.0871. The lowest BCUT2D eigenvalue weighted by molar-refractivity contribution is -0.117. The Bertz CT molecular complexity index is 487. The highest BCUT2D eigenvalue weighted by atomic mass is 79.9. The number of rotatable bonds is 2. The largest absolute Gasteiger partial charge is 0.296 e. The molecule has 0 saturated carbocycles. The van der Waals surface area contributed by atoms with E-state index in [1.54, 1.807) is 4.90 Å². The third kappa shape index (κ3) is 3.11. The summed E-state index contributed by atoms with van der Waals surface area (Å²) < 4.78 is 0.716. The van der Waals surface area contributed by atoms with Gasteiger partial charge in [-0.3, -0.25) is 14.5 Å². The summed E-state index contributed by atoms with van der Waals surface area (Å²) in [6.45, 7) is 4.03. The maximum Gasteiger partial charge on any atom is 0.229 e. The molecule has 0 aromatic carbocycles. The number of amides is 1. The van der Waals surface area contributed by atoms with Gasteiger partial charge in [-0.1, -0.05) is 11.8 Å². The van der Waals surface area contributed by atoms with Crippen LogP contribution >= 0.6 is 27.7 Å². The number of thioether (sulfide) groups is 1. The zero-order valence-corrected chi connectivity index (χ0v) is 12.5. The van der Waals surface area contributed by atoms with Crippen LogP contribution in [0, 0.1) is 6.92 Å². The molecule has 1 fully saturated rings. The molecule has 2 heterocycles. The summed E-state index contributed by atoms with van der Waals surface area (Å²) >= 11 is 4.56. The van der Waals surface area contributed by atoms with Crippen LogP contribution in [0.5, 0.6) is 0 Å². The molecule has 1 aromatic heterocycles. The molecule has 1 aromatic rings. The lowest BCUT2D eigenvalue weighted by Crippen LogP contribution is -2.26. The van der Waals surface area contributed by atoms with Gasteiger partial charge < -0.3 is 0 Å². The minimum atomic E-state index is 0.0266. The first-order valence-corrected chi connectivity index (χ1v) is 7.25. The fraction of sp³-hybridized carbons (Fsp3) is 0.417. The summed E-state index contributed by atoms with van der Waals surface area (Å²) in [4.78, 5) is 29.0. The Morgan fingerprint density at radius 1 is 1.56 bits per heavy atom. The van der Waals surface area contributed by atoms with Crippen molar-refractivity contribution in [2.75, 3.05) is 11.4 Å². The minimum Gasteiger partial charge on any atom is -0.296 e. The van der Waals surface area contributed by atoms with E-state index in [1.807, 2.05) is 19.1 Å². The highest BCUT2D eigenvalue weighted by molar-refractivity contribution is 9.10. The van der Waals surface area contributed by atoms with Crippen LogP contribution in [-0.2, 0) is 9.59 Å².